The zero-order chi connectivity index (χ0) is 12.8. The number of carbonyl (C=O) groups is 2. The first-order valence-electron chi connectivity index (χ1n) is 4.82. The highest BCUT2D eigenvalue weighted by molar-refractivity contribution is 9.09. The topological polar surface area (TPSA) is 55.4 Å². The zero-order valence-electron chi connectivity index (χ0n) is 9.13. The fourth-order valence-electron chi connectivity index (χ4n) is 1.18. The van der Waals surface area contributed by atoms with E-state index in [0.717, 1.165) is 13.2 Å². The lowest BCUT2D eigenvalue weighted by molar-refractivity contribution is -0.115. The van der Waals surface area contributed by atoms with Crippen LogP contribution in [0.1, 0.15) is 16.8 Å². The van der Waals surface area contributed by atoms with Gasteiger partial charge in [-0.15, -0.1) is 0 Å². The van der Waals surface area contributed by atoms with Gasteiger partial charge in [0, 0.05) is 17.4 Å². The molecule has 1 aromatic rings. The smallest absolute Gasteiger partial charge is 0.340 e. The van der Waals surface area contributed by atoms with E-state index in [2.05, 4.69) is 26.0 Å². The van der Waals surface area contributed by atoms with Gasteiger partial charge in [0.25, 0.3) is 0 Å². The molecule has 1 amide bonds. The summed E-state index contributed by atoms with van der Waals surface area (Å²) in [5.41, 5.74) is 0.155. The van der Waals surface area contributed by atoms with Crippen LogP contribution in [0.5, 0.6) is 0 Å². The third kappa shape index (κ3) is 3.81. The Balaban J connectivity index is 2.89. The summed E-state index contributed by atoms with van der Waals surface area (Å²) in [6.07, 6.45) is 0.297. The van der Waals surface area contributed by atoms with E-state index in [1.54, 1.807) is 0 Å². The Kier molecular flexibility index (Phi) is 5.09. The molecule has 0 atom stereocenters. The summed E-state index contributed by atoms with van der Waals surface area (Å²) in [4.78, 5) is 22.5. The molecule has 1 N–H and O–H groups in total. The second-order valence-electron chi connectivity index (χ2n) is 3.17. The Morgan fingerprint density at radius 3 is 2.76 bits per heavy atom. The van der Waals surface area contributed by atoms with Crippen molar-refractivity contribution < 1.29 is 18.7 Å². The number of hydrogen-bond donors (Lipinski definition) is 1. The molecule has 0 saturated heterocycles. The summed E-state index contributed by atoms with van der Waals surface area (Å²) in [5, 5.41) is 3.08. The van der Waals surface area contributed by atoms with E-state index >= 15 is 0 Å². The molecule has 0 spiro atoms. The van der Waals surface area contributed by atoms with E-state index in [9.17, 15) is 14.0 Å². The lowest BCUT2D eigenvalue weighted by Crippen LogP contribution is -2.13. The molecule has 1 rings (SSSR count). The number of esters is 1. The Morgan fingerprint density at radius 1 is 1.47 bits per heavy atom. The van der Waals surface area contributed by atoms with Gasteiger partial charge < -0.3 is 10.1 Å². The minimum atomic E-state index is -0.779. The largest absolute Gasteiger partial charge is 0.465 e. The summed E-state index contributed by atoms with van der Waals surface area (Å²) in [5.74, 6) is -1.68. The third-order valence-corrected chi connectivity index (χ3v) is 2.37. The van der Waals surface area contributed by atoms with Crippen LogP contribution in [0.15, 0.2) is 18.2 Å². The summed E-state index contributed by atoms with van der Waals surface area (Å²) >= 11 is 3.13. The van der Waals surface area contributed by atoms with Crippen molar-refractivity contribution in [3.8, 4) is 0 Å². The minimum absolute atomic E-state index is 0.204. The van der Waals surface area contributed by atoms with Crippen LogP contribution in [-0.2, 0) is 9.53 Å². The average Bonchev–Trinajstić information content (AvgIpc) is 2.31. The van der Waals surface area contributed by atoms with Crippen molar-refractivity contribution in [3.05, 3.63) is 29.6 Å². The van der Waals surface area contributed by atoms with E-state index in [4.69, 9.17) is 0 Å². The molecule has 17 heavy (non-hydrogen) atoms. The Bertz CT molecular complexity index is 437. The quantitative estimate of drug-likeness (QED) is 0.686. The van der Waals surface area contributed by atoms with Crippen molar-refractivity contribution >= 4 is 33.5 Å². The van der Waals surface area contributed by atoms with Crippen LogP contribution in [0.3, 0.4) is 0 Å². The van der Waals surface area contributed by atoms with Gasteiger partial charge in [0.1, 0.15) is 5.82 Å². The summed E-state index contributed by atoms with van der Waals surface area (Å²) in [6.45, 7) is 0. The van der Waals surface area contributed by atoms with Crippen LogP contribution in [0.25, 0.3) is 0 Å². The molecule has 0 radical (unpaired) electrons. The molecular weight excluding hydrogens is 293 g/mol. The van der Waals surface area contributed by atoms with Crippen molar-refractivity contribution in [2.24, 2.45) is 0 Å². The monoisotopic (exact) mass is 303 g/mol. The second kappa shape index (κ2) is 6.34. The first-order chi connectivity index (χ1) is 8.08. The average molecular weight is 304 g/mol. The van der Waals surface area contributed by atoms with Gasteiger partial charge in [0.15, 0.2) is 0 Å². The summed E-state index contributed by atoms with van der Waals surface area (Å²) < 4.78 is 17.7. The number of nitrogens with one attached hydrogen (secondary N) is 1. The molecular formula is C11H11BrFNO3. The Labute approximate surface area is 106 Å². The summed E-state index contributed by atoms with van der Waals surface area (Å²) in [7, 11) is 1.16. The molecule has 0 aliphatic heterocycles. The van der Waals surface area contributed by atoms with E-state index in [0.29, 0.717) is 17.4 Å². The Morgan fingerprint density at radius 2 is 2.18 bits per heavy atom. The number of alkyl halides is 1. The maximum Gasteiger partial charge on any atom is 0.340 e. The molecule has 0 unspecified atom stereocenters. The van der Waals surface area contributed by atoms with Crippen molar-refractivity contribution in [3.63, 3.8) is 0 Å². The van der Waals surface area contributed by atoms with Crippen molar-refractivity contribution in [1.82, 2.24) is 0 Å². The number of hydrogen-bond acceptors (Lipinski definition) is 3. The van der Waals surface area contributed by atoms with Crippen LogP contribution in [-0.4, -0.2) is 24.3 Å². The van der Waals surface area contributed by atoms with Gasteiger partial charge in [-0.25, -0.2) is 9.18 Å². The van der Waals surface area contributed by atoms with Gasteiger partial charge in [-0.1, -0.05) is 15.9 Å². The lowest BCUT2D eigenvalue weighted by atomic mass is 10.2. The normalized spacial score (nSPS) is 9.82. The molecule has 1 aromatic carbocycles. The van der Waals surface area contributed by atoms with Crippen LogP contribution in [0, 0.1) is 5.82 Å². The maximum atomic E-state index is 13.3. The lowest BCUT2D eigenvalue weighted by Gasteiger charge is -2.06. The van der Waals surface area contributed by atoms with Crippen LogP contribution in [0.4, 0.5) is 10.1 Å². The zero-order valence-corrected chi connectivity index (χ0v) is 10.7. The highest BCUT2D eigenvalue weighted by Gasteiger charge is 2.13. The van der Waals surface area contributed by atoms with Gasteiger partial charge in [-0.3, -0.25) is 4.79 Å². The minimum Gasteiger partial charge on any atom is -0.465 e. The van der Waals surface area contributed by atoms with E-state index in [1.807, 2.05) is 0 Å². The molecule has 0 bridgehead atoms. The highest BCUT2D eigenvalue weighted by Crippen LogP contribution is 2.16. The summed E-state index contributed by atoms with van der Waals surface area (Å²) in [6, 6.07) is 3.73. The van der Waals surface area contributed by atoms with Crippen molar-refractivity contribution in [2.45, 2.75) is 6.42 Å². The molecule has 0 aromatic heterocycles. The van der Waals surface area contributed by atoms with Gasteiger partial charge in [-0.2, -0.15) is 0 Å². The number of methoxy groups -OCH3 is 1. The third-order valence-electron chi connectivity index (χ3n) is 1.98. The molecule has 0 aliphatic rings. The first-order valence-corrected chi connectivity index (χ1v) is 5.94. The number of ether oxygens (including phenoxy) is 1. The van der Waals surface area contributed by atoms with Gasteiger partial charge in [-0.05, 0) is 18.2 Å². The van der Waals surface area contributed by atoms with Gasteiger partial charge in [0.2, 0.25) is 5.91 Å². The van der Waals surface area contributed by atoms with E-state index < -0.39 is 11.8 Å². The molecule has 92 valence electrons. The maximum absolute atomic E-state index is 13.3. The predicted octanol–water partition coefficient (Wildman–Crippen LogP) is 2.34. The van der Waals surface area contributed by atoms with Crippen LogP contribution in [0.2, 0.25) is 0 Å². The molecule has 4 nitrogen and oxygen atoms in total. The Hall–Kier alpha value is -1.43. The molecule has 0 heterocycles. The number of benzene rings is 1. The number of rotatable bonds is 4. The fraction of sp³-hybridized carbons (Fsp3) is 0.273. The molecule has 6 heteroatoms. The van der Waals surface area contributed by atoms with Gasteiger partial charge in [0.05, 0.1) is 12.7 Å². The fourth-order valence-corrected chi connectivity index (χ4v) is 1.54. The predicted molar refractivity (Wildman–Crippen MR) is 64.8 cm³/mol. The van der Waals surface area contributed by atoms with Crippen molar-refractivity contribution in [2.75, 3.05) is 17.8 Å². The van der Waals surface area contributed by atoms with E-state index in [-0.39, 0.29) is 11.5 Å². The van der Waals surface area contributed by atoms with E-state index in [1.165, 1.54) is 12.1 Å². The number of anilines is 1. The number of amides is 1. The van der Waals surface area contributed by atoms with Gasteiger partial charge >= 0.3 is 5.97 Å². The number of carbonyl (C=O) groups excluding carboxylic acids is 2. The van der Waals surface area contributed by atoms with Crippen molar-refractivity contribution in [1.29, 1.82) is 0 Å². The molecule has 0 saturated carbocycles. The SMILES string of the molecule is COC(=O)c1cc(NC(=O)CCBr)ccc1F. The molecule has 0 fully saturated rings. The standard InChI is InChI=1S/C11H11BrFNO3/c1-17-11(16)8-6-7(2-3-9(8)13)14-10(15)4-5-12/h2-3,6H,4-5H2,1H3,(H,14,15). The number of halogens is 2. The molecule has 0 aliphatic carbocycles. The van der Waals surface area contributed by atoms with Crippen LogP contribution < -0.4 is 5.32 Å². The van der Waals surface area contributed by atoms with Crippen LogP contribution >= 0.6 is 15.9 Å². The highest BCUT2D eigenvalue weighted by atomic mass is 79.9. The second-order valence-corrected chi connectivity index (χ2v) is 3.97. The first kappa shape index (κ1) is 13.6.